The van der Waals surface area contributed by atoms with Crippen molar-refractivity contribution in [1.29, 1.82) is 0 Å². The Bertz CT molecular complexity index is 567. The van der Waals surface area contributed by atoms with E-state index in [1.807, 2.05) is 26.1 Å². The molecule has 0 aromatic heterocycles. The van der Waals surface area contributed by atoms with Crippen LogP contribution in [0.5, 0.6) is 0 Å². The maximum absolute atomic E-state index is 12.0. The summed E-state index contributed by atoms with van der Waals surface area (Å²) in [6.07, 6.45) is 1.16. The summed E-state index contributed by atoms with van der Waals surface area (Å²) in [7, 11) is -1.29. The molecule has 1 atom stereocenters. The van der Waals surface area contributed by atoms with Gasteiger partial charge in [-0.05, 0) is 37.6 Å². The third-order valence-corrected chi connectivity index (χ3v) is 3.80. The highest BCUT2D eigenvalue weighted by atomic mass is 32.2. The van der Waals surface area contributed by atoms with Gasteiger partial charge in [0.1, 0.15) is 9.84 Å². The van der Waals surface area contributed by atoms with Gasteiger partial charge in [-0.3, -0.25) is 4.79 Å². The molecule has 5 nitrogen and oxygen atoms in total. The standard InChI is InChI=1S/C13H20N2O3S/c1-9-7-11(14-3)5-6-12(9)13(16)15-10(2)8-19(4,17)18/h5-7,10,14H,8H2,1-4H3,(H,15,16). The van der Waals surface area contributed by atoms with Gasteiger partial charge < -0.3 is 10.6 Å². The number of benzene rings is 1. The van der Waals surface area contributed by atoms with Gasteiger partial charge >= 0.3 is 0 Å². The molecular weight excluding hydrogens is 264 g/mol. The van der Waals surface area contributed by atoms with Crippen LogP contribution in [0.15, 0.2) is 18.2 Å². The zero-order chi connectivity index (χ0) is 14.6. The predicted octanol–water partition coefficient (Wildman–Crippen LogP) is 1.20. The number of rotatable bonds is 5. The Labute approximate surface area is 114 Å². The number of anilines is 1. The van der Waals surface area contributed by atoms with Gasteiger partial charge in [-0.25, -0.2) is 8.42 Å². The lowest BCUT2D eigenvalue weighted by Gasteiger charge is -2.14. The highest BCUT2D eigenvalue weighted by Gasteiger charge is 2.15. The van der Waals surface area contributed by atoms with Crippen LogP contribution >= 0.6 is 0 Å². The summed E-state index contributed by atoms with van der Waals surface area (Å²) in [5.41, 5.74) is 2.33. The highest BCUT2D eigenvalue weighted by molar-refractivity contribution is 7.90. The van der Waals surface area contributed by atoms with Crippen LogP contribution in [0, 0.1) is 6.92 Å². The zero-order valence-corrected chi connectivity index (χ0v) is 12.5. The average molecular weight is 284 g/mol. The van der Waals surface area contributed by atoms with Crippen LogP contribution in [0.3, 0.4) is 0 Å². The number of aryl methyl sites for hydroxylation is 1. The average Bonchev–Trinajstić information content (AvgIpc) is 2.25. The molecule has 0 radical (unpaired) electrons. The quantitative estimate of drug-likeness (QED) is 0.852. The third kappa shape index (κ3) is 4.90. The Morgan fingerprint density at radius 2 is 2.00 bits per heavy atom. The largest absolute Gasteiger partial charge is 0.388 e. The molecule has 0 aliphatic carbocycles. The number of hydrogen-bond acceptors (Lipinski definition) is 4. The highest BCUT2D eigenvalue weighted by Crippen LogP contribution is 2.14. The molecule has 0 saturated carbocycles. The summed E-state index contributed by atoms with van der Waals surface area (Å²) in [5, 5.41) is 5.69. The normalized spacial score (nSPS) is 12.8. The molecule has 1 amide bonds. The first-order valence-electron chi connectivity index (χ1n) is 6.00. The minimum atomic E-state index is -3.10. The monoisotopic (exact) mass is 284 g/mol. The van der Waals surface area contributed by atoms with Crippen LogP contribution in [-0.4, -0.2) is 39.4 Å². The van der Waals surface area contributed by atoms with E-state index in [1.165, 1.54) is 0 Å². The number of carbonyl (C=O) groups is 1. The van der Waals surface area contributed by atoms with Crippen LogP contribution in [0.2, 0.25) is 0 Å². The van der Waals surface area contributed by atoms with Crippen molar-refractivity contribution in [2.24, 2.45) is 0 Å². The van der Waals surface area contributed by atoms with Gasteiger partial charge in [-0.2, -0.15) is 0 Å². The molecule has 0 fully saturated rings. The molecular formula is C13H20N2O3S. The summed E-state index contributed by atoms with van der Waals surface area (Å²) in [5.74, 6) is -0.317. The topological polar surface area (TPSA) is 75.3 Å². The smallest absolute Gasteiger partial charge is 0.251 e. The number of hydrogen-bond donors (Lipinski definition) is 2. The Balaban J connectivity index is 2.79. The van der Waals surface area contributed by atoms with E-state index in [0.717, 1.165) is 17.5 Å². The Hall–Kier alpha value is -1.56. The first-order valence-corrected chi connectivity index (χ1v) is 8.06. The van der Waals surface area contributed by atoms with Crippen molar-refractivity contribution in [2.75, 3.05) is 24.4 Å². The van der Waals surface area contributed by atoms with Crippen LogP contribution < -0.4 is 10.6 Å². The molecule has 1 aromatic rings. The Morgan fingerprint density at radius 1 is 1.37 bits per heavy atom. The lowest BCUT2D eigenvalue weighted by molar-refractivity contribution is 0.0943. The van der Waals surface area contributed by atoms with E-state index in [4.69, 9.17) is 0 Å². The molecule has 0 saturated heterocycles. The van der Waals surface area contributed by atoms with Crippen LogP contribution in [-0.2, 0) is 9.84 Å². The molecule has 0 aliphatic rings. The summed E-state index contributed by atoms with van der Waals surface area (Å²) in [6.45, 7) is 3.52. The Morgan fingerprint density at radius 3 is 2.47 bits per heavy atom. The van der Waals surface area contributed by atoms with Crippen molar-refractivity contribution in [1.82, 2.24) is 5.32 Å². The van der Waals surface area contributed by atoms with Crippen molar-refractivity contribution in [3.8, 4) is 0 Å². The SMILES string of the molecule is CNc1ccc(C(=O)NC(C)CS(C)(=O)=O)c(C)c1. The van der Waals surface area contributed by atoms with Gasteiger partial charge in [0, 0.05) is 30.6 Å². The van der Waals surface area contributed by atoms with Gasteiger partial charge in [0.15, 0.2) is 0 Å². The fourth-order valence-electron chi connectivity index (χ4n) is 1.87. The van der Waals surface area contributed by atoms with E-state index < -0.39 is 15.9 Å². The second-order valence-electron chi connectivity index (χ2n) is 4.75. The van der Waals surface area contributed by atoms with E-state index in [9.17, 15) is 13.2 Å². The van der Waals surface area contributed by atoms with Crippen LogP contribution in [0.25, 0.3) is 0 Å². The second kappa shape index (κ2) is 6.06. The van der Waals surface area contributed by atoms with E-state index in [2.05, 4.69) is 10.6 Å². The van der Waals surface area contributed by atoms with Crippen molar-refractivity contribution >= 4 is 21.4 Å². The van der Waals surface area contributed by atoms with Gasteiger partial charge in [-0.15, -0.1) is 0 Å². The van der Waals surface area contributed by atoms with Crippen LogP contribution in [0.1, 0.15) is 22.8 Å². The fourth-order valence-corrected chi connectivity index (χ4v) is 2.86. The number of carbonyl (C=O) groups excluding carboxylic acids is 1. The van der Waals surface area contributed by atoms with E-state index in [0.29, 0.717) is 5.56 Å². The lowest BCUT2D eigenvalue weighted by Crippen LogP contribution is -2.37. The summed E-state index contributed by atoms with van der Waals surface area (Å²) in [6, 6.07) is 4.99. The van der Waals surface area contributed by atoms with Gasteiger partial charge in [0.25, 0.3) is 5.91 Å². The molecule has 0 heterocycles. The van der Waals surface area contributed by atoms with Crippen molar-refractivity contribution < 1.29 is 13.2 Å². The molecule has 6 heteroatoms. The fraction of sp³-hybridized carbons (Fsp3) is 0.462. The van der Waals surface area contributed by atoms with E-state index in [-0.39, 0.29) is 11.7 Å². The predicted molar refractivity (Wildman–Crippen MR) is 77.4 cm³/mol. The Kier molecular flexibility index (Phi) is 4.94. The molecule has 0 aliphatic heterocycles. The first-order chi connectivity index (χ1) is 8.73. The van der Waals surface area contributed by atoms with Crippen molar-refractivity contribution in [2.45, 2.75) is 19.9 Å². The van der Waals surface area contributed by atoms with E-state index in [1.54, 1.807) is 13.0 Å². The third-order valence-electron chi connectivity index (χ3n) is 2.69. The summed E-state index contributed by atoms with van der Waals surface area (Å²) < 4.78 is 22.3. The lowest BCUT2D eigenvalue weighted by atomic mass is 10.1. The molecule has 106 valence electrons. The number of sulfone groups is 1. The number of nitrogens with one attached hydrogen (secondary N) is 2. The minimum Gasteiger partial charge on any atom is -0.388 e. The summed E-state index contributed by atoms with van der Waals surface area (Å²) >= 11 is 0. The maximum Gasteiger partial charge on any atom is 0.251 e. The molecule has 0 spiro atoms. The van der Waals surface area contributed by atoms with Gasteiger partial charge in [-0.1, -0.05) is 0 Å². The van der Waals surface area contributed by atoms with Crippen molar-refractivity contribution in [3.63, 3.8) is 0 Å². The molecule has 1 aromatic carbocycles. The summed E-state index contributed by atoms with van der Waals surface area (Å²) in [4.78, 5) is 12.0. The molecule has 19 heavy (non-hydrogen) atoms. The molecule has 0 bridgehead atoms. The van der Waals surface area contributed by atoms with E-state index >= 15 is 0 Å². The minimum absolute atomic E-state index is 0.0631. The van der Waals surface area contributed by atoms with Crippen molar-refractivity contribution in [3.05, 3.63) is 29.3 Å². The zero-order valence-electron chi connectivity index (χ0n) is 11.6. The van der Waals surface area contributed by atoms with Gasteiger partial charge in [0.2, 0.25) is 0 Å². The van der Waals surface area contributed by atoms with Crippen LogP contribution in [0.4, 0.5) is 5.69 Å². The second-order valence-corrected chi connectivity index (χ2v) is 6.93. The van der Waals surface area contributed by atoms with Gasteiger partial charge in [0.05, 0.1) is 5.75 Å². The number of amides is 1. The molecule has 2 N–H and O–H groups in total. The molecule has 1 rings (SSSR count). The first kappa shape index (κ1) is 15.5. The molecule has 1 unspecified atom stereocenters. The maximum atomic E-state index is 12.0.